The number of alkyl halides is 2. The molecule has 0 aliphatic carbocycles. The van der Waals surface area contributed by atoms with Crippen molar-refractivity contribution in [3.8, 4) is 5.75 Å². The monoisotopic (exact) mass is 366 g/mol. The quantitative estimate of drug-likeness (QED) is 0.867. The van der Waals surface area contributed by atoms with Gasteiger partial charge < -0.3 is 10.1 Å². The summed E-state index contributed by atoms with van der Waals surface area (Å²) in [6, 6.07) is 2.12. The SMILES string of the molecule is CS(=O)(=O)N1CCCCC1C(=O)Nc1ccc(OC(F)F)c(F)c1. The summed E-state index contributed by atoms with van der Waals surface area (Å²) in [4.78, 5) is 12.3. The first-order chi connectivity index (χ1) is 11.2. The van der Waals surface area contributed by atoms with Crippen LogP contribution in [0.3, 0.4) is 0 Å². The van der Waals surface area contributed by atoms with Crippen molar-refractivity contribution in [3.63, 3.8) is 0 Å². The van der Waals surface area contributed by atoms with Crippen molar-refractivity contribution in [1.82, 2.24) is 4.31 Å². The molecule has 1 aliphatic rings. The van der Waals surface area contributed by atoms with Crippen LogP contribution in [0.25, 0.3) is 0 Å². The van der Waals surface area contributed by atoms with Gasteiger partial charge in [0.15, 0.2) is 11.6 Å². The first-order valence-corrected chi connectivity index (χ1v) is 9.05. The van der Waals surface area contributed by atoms with Crippen LogP contribution in [-0.2, 0) is 14.8 Å². The fourth-order valence-corrected chi connectivity index (χ4v) is 3.68. The Kier molecular flexibility index (Phi) is 5.70. The number of carbonyl (C=O) groups excluding carboxylic acids is 1. The van der Waals surface area contributed by atoms with E-state index in [1.165, 1.54) is 6.07 Å². The van der Waals surface area contributed by atoms with Crippen LogP contribution in [0.4, 0.5) is 18.9 Å². The Balaban J connectivity index is 2.12. The van der Waals surface area contributed by atoms with Crippen molar-refractivity contribution in [1.29, 1.82) is 0 Å². The van der Waals surface area contributed by atoms with Crippen molar-refractivity contribution in [3.05, 3.63) is 24.0 Å². The Morgan fingerprint density at radius 1 is 1.38 bits per heavy atom. The van der Waals surface area contributed by atoms with Gasteiger partial charge in [0, 0.05) is 18.3 Å². The number of hydrogen-bond donors (Lipinski definition) is 1. The summed E-state index contributed by atoms with van der Waals surface area (Å²) in [5, 5.41) is 2.41. The summed E-state index contributed by atoms with van der Waals surface area (Å²) in [5.41, 5.74) is 0.0261. The molecule has 134 valence electrons. The Morgan fingerprint density at radius 3 is 2.67 bits per heavy atom. The number of benzene rings is 1. The van der Waals surface area contributed by atoms with Gasteiger partial charge in [-0.3, -0.25) is 4.79 Å². The molecule has 1 saturated heterocycles. The maximum absolute atomic E-state index is 13.7. The highest BCUT2D eigenvalue weighted by Gasteiger charge is 2.34. The molecule has 10 heteroatoms. The summed E-state index contributed by atoms with van der Waals surface area (Å²) >= 11 is 0. The minimum atomic E-state index is -3.55. The molecule has 1 aliphatic heterocycles. The molecule has 0 radical (unpaired) electrons. The minimum absolute atomic E-state index is 0.0261. The van der Waals surface area contributed by atoms with Crippen LogP contribution in [0, 0.1) is 5.82 Å². The van der Waals surface area contributed by atoms with E-state index in [9.17, 15) is 26.4 Å². The summed E-state index contributed by atoms with van der Waals surface area (Å²) in [5.74, 6) is -2.29. The predicted molar refractivity (Wildman–Crippen MR) is 80.9 cm³/mol. The first-order valence-electron chi connectivity index (χ1n) is 7.20. The van der Waals surface area contributed by atoms with Gasteiger partial charge in [0.05, 0.1) is 6.26 Å². The maximum Gasteiger partial charge on any atom is 0.387 e. The molecule has 1 aromatic rings. The van der Waals surface area contributed by atoms with Gasteiger partial charge >= 0.3 is 6.61 Å². The topological polar surface area (TPSA) is 75.7 Å². The molecule has 24 heavy (non-hydrogen) atoms. The van der Waals surface area contributed by atoms with E-state index in [1.807, 2.05) is 0 Å². The number of anilines is 1. The van der Waals surface area contributed by atoms with Crippen molar-refractivity contribution in [2.75, 3.05) is 18.1 Å². The molecule has 1 amide bonds. The zero-order valence-electron chi connectivity index (χ0n) is 12.8. The average Bonchev–Trinajstić information content (AvgIpc) is 2.49. The molecule has 0 aromatic heterocycles. The number of rotatable bonds is 5. The van der Waals surface area contributed by atoms with E-state index in [-0.39, 0.29) is 12.2 Å². The number of ether oxygens (including phenoxy) is 1. The third-order valence-corrected chi connectivity index (χ3v) is 4.89. The van der Waals surface area contributed by atoms with E-state index in [2.05, 4.69) is 10.1 Å². The molecule has 1 fully saturated rings. The second kappa shape index (κ2) is 7.39. The lowest BCUT2D eigenvalue weighted by Gasteiger charge is -2.32. The molecule has 0 saturated carbocycles. The third-order valence-electron chi connectivity index (χ3n) is 3.60. The highest BCUT2D eigenvalue weighted by atomic mass is 32.2. The van der Waals surface area contributed by atoms with Gasteiger partial charge in [-0.15, -0.1) is 0 Å². The Hall–Kier alpha value is -1.81. The summed E-state index contributed by atoms with van der Waals surface area (Å²) in [6.45, 7) is -2.92. The molecule has 1 aromatic carbocycles. The van der Waals surface area contributed by atoms with Crippen LogP contribution in [0.15, 0.2) is 18.2 Å². The Labute approximate surface area is 137 Å². The van der Waals surface area contributed by atoms with Gasteiger partial charge in [0.25, 0.3) is 0 Å². The van der Waals surface area contributed by atoms with Gasteiger partial charge in [-0.2, -0.15) is 13.1 Å². The number of hydrogen-bond acceptors (Lipinski definition) is 4. The Bertz CT molecular complexity index is 712. The van der Waals surface area contributed by atoms with Crippen molar-refractivity contribution in [2.45, 2.75) is 31.9 Å². The number of nitrogens with zero attached hydrogens (tertiary/aromatic N) is 1. The summed E-state index contributed by atoms with van der Waals surface area (Å²) in [7, 11) is -3.55. The number of sulfonamides is 1. The fourth-order valence-electron chi connectivity index (χ4n) is 2.56. The van der Waals surface area contributed by atoms with Gasteiger partial charge in [-0.05, 0) is 25.0 Å². The van der Waals surface area contributed by atoms with Crippen LogP contribution in [-0.4, -0.2) is 44.1 Å². The Morgan fingerprint density at radius 2 is 2.08 bits per heavy atom. The summed E-state index contributed by atoms with van der Waals surface area (Å²) < 4.78 is 66.4. The molecular weight excluding hydrogens is 349 g/mol. The van der Waals surface area contributed by atoms with Gasteiger partial charge in [0.1, 0.15) is 6.04 Å². The van der Waals surface area contributed by atoms with Gasteiger partial charge in [-0.25, -0.2) is 12.8 Å². The van der Waals surface area contributed by atoms with E-state index in [4.69, 9.17) is 0 Å². The number of nitrogens with one attached hydrogen (secondary N) is 1. The maximum atomic E-state index is 13.7. The van der Waals surface area contributed by atoms with Crippen LogP contribution < -0.4 is 10.1 Å². The van der Waals surface area contributed by atoms with Crippen LogP contribution >= 0.6 is 0 Å². The normalized spacial score (nSPS) is 19.3. The number of piperidine rings is 1. The van der Waals surface area contributed by atoms with Crippen LogP contribution in [0.5, 0.6) is 5.75 Å². The summed E-state index contributed by atoms with van der Waals surface area (Å²) in [6.07, 6.45) is 2.73. The van der Waals surface area contributed by atoms with E-state index in [0.717, 1.165) is 22.7 Å². The van der Waals surface area contributed by atoms with E-state index in [1.54, 1.807) is 0 Å². The van der Waals surface area contributed by atoms with Gasteiger partial charge in [-0.1, -0.05) is 6.42 Å². The van der Waals surface area contributed by atoms with Gasteiger partial charge in [0.2, 0.25) is 15.9 Å². The highest BCUT2D eigenvalue weighted by molar-refractivity contribution is 7.88. The lowest BCUT2D eigenvalue weighted by molar-refractivity contribution is -0.120. The smallest absolute Gasteiger partial charge is 0.387 e. The number of amides is 1. The van der Waals surface area contributed by atoms with E-state index in [0.29, 0.717) is 19.3 Å². The second-order valence-electron chi connectivity index (χ2n) is 5.40. The molecule has 0 bridgehead atoms. The van der Waals surface area contributed by atoms with Crippen LogP contribution in [0.2, 0.25) is 0 Å². The largest absolute Gasteiger partial charge is 0.432 e. The predicted octanol–water partition coefficient (Wildman–Crippen LogP) is 2.18. The zero-order chi connectivity index (χ0) is 17.9. The highest BCUT2D eigenvalue weighted by Crippen LogP contribution is 2.25. The lowest BCUT2D eigenvalue weighted by atomic mass is 10.0. The van der Waals surface area contributed by atoms with Crippen LogP contribution in [0.1, 0.15) is 19.3 Å². The number of carbonyl (C=O) groups is 1. The molecule has 1 unspecified atom stereocenters. The lowest BCUT2D eigenvalue weighted by Crippen LogP contribution is -2.49. The van der Waals surface area contributed by atoms with Crippen molar-refractivity contribution in [2.24, 2.45) is 0 Å². The molecular formula is C14H17F3N2O4S. The molecule has 1 atom stereocenters. The minimum Gasteiger partial charge on any atom is -0.432 e. The fraction of sp³-hybridized carbons (Fsp3) is 0.500. The average molecular weight is 366 g/mol. The second-order valence-corrected chi connectivity index (χ2v) is 7.33. The standard InChI is InChI=1S/C14H17F3N2O4S/c1-24(21,22)19-7-3-2-4-11(19)13(20)18-9-5-6-12(10(15)8-9)23-14(16)17/h5-6,8,11,14H,2-4,7H2,1H3,(H,18,20). The van der Waals surface area contributed by atoms with E-state index >= 15 is 0 Å². The molecule has 1 heterocycles. The number of halogens is 3. The molecule has 0 spiro atoms. The first kappa shape index (κ1) is 18.5. The van der Waals surface area contributed by atoms with Crippen molar-refractivity contribution < 1.29 is 31.1 Å². The van der Waals surface area contributed by atoms with E-state index < -0.39 is 40.2 Å². The van der Waals surface area contributed by atoms with Crippen molar-refractivity contribution >= 4 is 21.6 Å². The molecule has 2 rings (SSSR count). The third kappa shape index (κ3) is 4.60. The molecule has 6 nitrogen and oxygen atoms in total. The molecule has 1 N–H and O–H groups in total. The zero-order valence-corrected chi connectivity index (χ0v) is 13.7.